The summed E-state index contributed by atoms with van der Waals surface area (Å²) in [5.74, 6) is 0.0297. The van der Waals surface area contributed by atoms with Crippen molar-refractivity contribution in [3.63, 3.8) is 0 Å². The summed E-state index contributed by atoms with van der Waals surface area (Å²) in [4.78, 5) is 27.9. The van der Waals surface area contributed by atoms with Crippen molar-refractivity contribution in [2.24, 2.45) is 16.7 Å². The van der Waals surface area contributed by atoms with Crippen molar-refractivity contribution in [3.8, 4) is 0 Å². The van der Waals surface area contributed by atoms with Crippen molar-refractivity contribution in [1.29, 1.82) is 0 Å². The minimum Gasteiger partial charge on any atom is -0.378 e. The summed E-state index contributed by atoms with van der Waals surface area (Å²) in [5.41, 5.74) is 1.75. The zero-order valence-corrected chi connectivity index (χ0v) is 14.6. The molecule has 2 aliphatic rings. The second kappa shape index (κ2) is 5.05. The molecule has 2 atom stereocenters. The molecule has 2 bridgehead atoms. The zero-order valence-electron chi connectivity index (χ0n) is 14.6. The van der Waals surface area contributed by atoms with E-state index in [2.05, 4.69) is 13.8 Å². The van der Waals surface area contributed by atoms with Crippen LogP contribution >= 0.6 is 0 Å². The second-order valence-electron chi connectivity index (χ2n) is 7.88. The molecule has 0 spiro atoms. The standard InChI is InChI=1S/C20H25NO2/c1-19(2)16-10-11-20(19,3)18(23)15(17(16)22)12-13-6-8-14(9-7-13)21(4)5/h6-9,12,16H,10-11H2,1-5H3/b15-12+/t16-,20+/m1/s1. The molecule has 0 radical (unpaired) electrons. The van der Waals surface area contributed by atoms with Gasteiger partial charge < -0.3 is 4.90 Å². The number of fused-ring (bicyclic) bond motifs is 2. The summed E-state index contributed by atoms with van der Waals surface area (Å²) in [6, 6.07) is 7.94. The Morgan fingerprint density at radius 3 is 2.26 bits per heavy atom. The van der Waals surface area contributed by atoms with Crippen molar-refractivity contribution in [3.05, 3.63) is 35.4 Å². The van der Waals surface area contributed by atoms with E-state index in [9.17, 15) is 9.59 Å². The molecular formula is C20H25NO2. The number of carbonyl (C=O) groups is 2. The Kier molecular flexibility index (Phi) is 3.51. The summed E-state index contributed by atoms with van der Waals surface area (Å²) in [7, 11) is 3.98. The lowest BCUT2D eigenvalue weighted by Crippen LogP contribution is -2.49. The van der Waals surface area contributed by atoms with E-state index in [1.807, 2.05) is 50.2 Å². The minimum absolute atomic E-state index is 0.0259. The highest BCUT2D eigenvalue weighted by molar-refractivity contribution is 6.28. The molecule has 0 saturated heterocycles. The third kappa shape index (κ3) is 2.17. The number of rotatable bonds is 2. The van der Waals surface area contributed by atoms with Crippen molar-refractivity contribution >= 4 is 23.3 Å². The largest absolute Gasteiger partial charge is 0.378 e. The predicted molar refractivity (Wildman–Crippen MR) is 93.4 cm³/mol. The first-order chi connectivity index (χ1) is 10.7. The summed E-state index contributed by atoms with van der Waals surface area (Å²) in [6.45, 7) is 6.18. The smallest absolute Gasteiger partial charge is 0.172 e. The van der Waals surface area contributed by atoms with Gasteiger partial charge in [-0.05, 0) is 42.0 Å². The summed E-state index contributed by atoms with van der Waals surface area (Å²) in [6.07, 6.45) is 3.42. The highest BCUT2D eigenvalue weighted by Gasteiger charge is 2.62. The van der Waals surface area contributed by atoms with Crippen molar-refractivity contribution in [2.75, 3.05) is 19.0 Å². The lowest BCUT2D eigenvalue weighted by Gasteiger charge is -2.44. The van der Waals surface area contributed by atoms with Crippen LogP contribution in [0.5, 0.6) is 0 Å². The van der Waals surface area contributed by atoms with E-state index >= 15 is 0 Å². The van der Waals surface area contributed by atoms with Crippen molar-refractivity contribution in [1.82, 2.24) is 0 Å². The Labute approximate surface area is 138 Å². The average Bonchev–Trinajstić information content (AvgIpc) is 2.69. The van der Waals surface area contributed by atoms with Gasteiger partial charge in [0.1, 0.15) is 0 Å². The Bertz CT molecular complexity index is 697. The highest BCUT2D eigenvalue weighted by Crippen LogP contribution is 2.61. The molecule has 1 aromatic carbocycles. The van der Waals surface area contributed by atoms with Gasteiger partial charge in [-0.3, -0.25) is 9.59 Å². The fourth-order valence-corrected chi connectivity index (χ4v) is 4.13. The number of anilines is 1. The van der Waals surface area contributed by atoms with E-state index in [0.717, 1.165) is 24.1 Å². The molecule has 2 saturated carbocycles. The third-order valence-corrected chi connectivity index (χ3v) is 6.27. The van der Waals surface area contributed by atoms with Crippen LogP contribution in [0.15, 0.2) is 29.8 Å². The van der Waals surface area contributed by atoms with Gasteiger partial charge in [0, 0.05) is 31.1 Å². The van der Waals surface area contributed by atoms with Crippen molar-refractivity contribution in [2.45, 2.75) is 33.6 Å². The molecule has 0 aromatic heterocycles. The minimum atomic E-state index is -0.416. The topological polar surface area (TPSA) is 37.4 Å². The number of ketones is 2. The number of benzene rings is 1. The monoisotopic (exact) mass is 311 g/mol. The van der Waals surface area contributed by atoms with Crippen molar-refractivity contribution < 1.29 is 9.59 Å². The van der Waals surface area contributed by atoms with E-state index in [-0.39, 0.29) is 22.9 Å². The zero-order chi connectivity index (χ0) is 17.0. The number of hydrogen-bond acceptors (Lipinski definition) is 3. The Hall–Kier alpha value is -1.90. The van der Waals surface area contributed by atoms with Crippen LogP contribution in [-0.4, -0.2) is 25.7 Å². The normalized spacial score (nSPS) is 30.8. The van der Waals surface area contributed by atoms with Gasteiger partial charge >= 0.3 is 0 Å². The first kappa shape index (κ1) is 16.0. The molecule has 2 fully saturated rings. The highest BCUT2D eigenvalue weighted by atomic mass is 16.2. The second-order valence-corrected chi connectivity index (χ2v) is 7.88. The molecular weight excluding hydrogens is 286 g/mol. The third-order valence-electron chi connectivity index (χ3n) is 6.27. The molecule has 0 heterocycles. The fraction of sp³-hybridized carbons (Fsp3) is 0.500. The number of hydrogen-bond donors (Lipinski definition) is 0. The number of allylic oxidation sites excluding steroid dienone is 1. The van der Waals surface area contributed by atoms with E-state index in [4.69, 9.17) is 0 Å². The van der Waals surface area contributed by atoms with Gasteiger partial charge in [-0.25, -0.2) is 0 Å². The molecule has 0 unspecified atom stereocenters. The SMILES string of the molecule is CN(C)c1ccc(/C=C2\C(=O)[C@H]3CC[C@@](C)(C2=O)C3(C)C)cc1. The van der Waals surface area contributed by atoms with Crippen LogP contribution in [0.25, 0.3) is 6.08 Å². The summed E-state index contributed by atoms with van der Waals surface area (Å²) in [5, 5.41) is 0. The maximum Gasteiger partial charge on any atom is 0.172 e. The molecule has 3 rings (SSSR count). The van der Waals surface area contributed by atoms with E-state index < -0.39 is 5.41 Å². The van der Waals surface area contributed by atoms with E-state index in [1.165, 1.54) is 0 Å². The summed E-state index contributed by atoms with van der Waals surface area (Å²) < 4.78 is 0. The Morgan fingerprint density at radius 2 is 1.70 bits per heavy atom. The van der Waals surface area contributed by atoms with Gasteiger partial charge in [0.05, 0.1) is 5.57 Å². The van der Waals surface area contributed by atoms with Crippen LogP contribution in [0.1, 0.15) is 39.2 Å². The first-order valence-electron chi connectivity index (χ1n) is 8.26. The van der Waals surface area contributed by atoms with Crippen LogP contribution < -0.4 is 4.90 Å². The van der Waals surface area contributed by atoms with Crippen LogP contribution in [0.2, 0.25) is 0 Å². The van der Waals surface area contributed by atoms with Crippen LogP contribution in [-0.2, 0) is 9.59 Å². The first-order valence-corrected chi connectivity index (χ1v) is 8.26. The summed E-state index contributed by atoms with van der Waals surface area (Å²) >= 11 is 0. The van der Waals surface area contributed by atoms with Crippen LogP contribution in [0.4, 0.5) is 5.69 Å². The number of nitrogens with zero attached hydrogens (tertiary/aromatic N) is 1. The van der Waals surface area contributed by atoms with Gasteiger partial charge in [0.2, 0.25) is 0 Å². The maximum absolute atomic E-state index is 13.0. The fourth-order valence-electron chi connectivity index (χ4n) is 4.13. The van der Waals surface area contributed by atoms with Crippen LogP contribution in [0.3, 0.4) is 0 Å². The lowest BCUT2D eigenvalue weighted by atomic mass is 9.57. The number of Topliss-reactive ketones (excluding diaryl/α,β-unsaturated/α-hetero) is 2. The molecule has 23 heavy (non-hydrogen) atoms. The molecule has 122 valence electrons. The maximum atomic E-state index is 13.0. The molecule has 0 amide bonds. The molecule has 3 heteroatoms. The lowest BCUT2D eigenvalue weighted by molar-refractivity contribution is -0.139. The average molecular weight is 311 g/mol. The van der Waals surface area contributed by atoms with Crippen LogP contribution in [0, 0.1) is 16.7 Å². The van der Waals surface area contributed by atoms with Gasteiger partial charge in [-0.2, -0.15) is 0 Å². The van der Waals surface area contributed by atoms with E-state index in [0.29, 0.717) is 5.57 Å². The molecule has 3 nitrogen and oxygen atoms in total. The van der Waals surface area contributed by atoms with Gasteiger partial charge in [0.25, 0.3) is 0 Å². The molecule has 2 aliphatic carbocycles. The molecule has 0 aliphatic heterocycles. The van der Waals surface area contributed by atoms with Gasteiger partial charge in [-0.15, -0.1) is 0 Å². The molecule has 1 aromatic rings. The Balaban J connectivity index is 2.00. The predicted octanol–water partition coefficient (Wildman–Crippen LogP) is 3.73. The molecule has 0 N–H and O–H groups in total. The Morgan fingerprint density at radius 1 is 1.09 bits per heavy atom. The van der Waals surface area contributed by atoms with Gasteiger partial charge in [0.15, 0.2) is 11.6 Å². The number of carbonyl (C=O) groups excluding carboxylic acids is 2. The van der Waals surface area contributed by atoms with Gasteiger partial charge in [-0.1, -0.05) is 32.9 Å². The van der Waals surface area contributed by atoms with E-state index in [1.54, 1.807) is 6.08 Å². The quantitative estimate of drug-likeness (QED) is 0.617.